The Morgan fingerprint density at radius 2 is 2.42 bits per heavy atom. The van der Waals surface area contributed by atoms with Crippen LogP contribution < -0.4 is 5.32 Å². The van der Waals surface area contributed by atoms with Crippen LogP contribution in [0.3, 0.4) is 0 Å². The van der Waals surface area contributed by atoms with Gasteiger partial charge in [-0.1, -0.05) is 11.3 Å². The number of amides is 1. The third-order valence-electron chi connectivity index (χ3n) is 2.52. The SMILES string of the molecule is O=C(Cn1cc(CCCO)nn1)NCc1cccs1. The summed E-state index contributed by atoms with van der Waals surface area (Å²) in [6.45, 7) is 0.841. The van der Waals surface area contributed by atoms with Crippen LogP contribution >= 0.6 is 11.3 Å². The second-order valence-electron chi connectivity index (χ2n) is 4.09. The molecule has 2 aromatic heterocycles. The lowest BCUT2D eigenvalue weighted by Crippen LogP contribution is -2.27. The Bertz CT molecular complexity index is 510. The summed E-state index contributed by atoms with van der Waals surface area (Å²) in [6, 6.07) is 3.93. The molecule has 6 nitrogen and oxygen atoms in total. The molecule has 0 unspecified atom stereocenters. The first-order valence-electron chi connectivity index (χ1n) is 6.07. The van der Waals surface area contributed by atoms with Crippen molar-refractivity contribution in [1.82, 2.24) is 20.3 Å². The van der Waals surface area contributed by atoms with Gasteiger partial charge in [0, 0.05) is 17.7 Å². The Morgan fingerprint density at radius 3 is 3.16 bits per heavy atom. The van der Waals surface area contributed by atoms with Crippen molar-refractivity contribution in [1.29, 1.82) is 0 Å². The van der Waals surface area contributed by atoms with Gasteiger partial charge in [0.15, 0.2) is 0 Å². The molecular weight excluding hydrogens is 264 g/mol. The largest absolute Gasteiger partial charge is 0.396 e. The normalized spacial score (nSPS) is 10.6. The van der Waals surface area contributed by atoms with Crippen molar-refractivity contribution in [3.05, 3.63) is 34.3 Å². The predicted molar refractivity (Wildman–Crippen MR) is 71.6 cm³/mol. The van der Waals surface area contributed by atoms with E-state index in [1.807, 2.05) is 17.5 Å². The molecule has 0 spiro atoms. The van der Waals surface area contributed by atoms with E-state index in [0.29, 0.717) is 19.4 Å². The van der Waals surface area contributed by atoms with Crippen LogP contribution in [0.15, 0.2) is 23.7 Å². The minimum atomic E-state index is -0.0907. The summed E-state index contributed by atoms with van der Waals surface area (Å²) in [5.41, 5.74) is 0.792. The van der Waals surface area contributed by atoms with Gasteiger partial charge in [-0.25, -0.2) is 4.68 Å². The number of hydrogen-bond acceptors (Lipinski definition) is 5. The molecule has 102 valence electrons. The first-order valence-corrected chi connectivity index (χ1v) is 6.95. The average Bonchev–Trinajstić information content (AvgIpc) is 3.05. The van der Waals surface area contributed by atoms with Gasteiger partial charge in [-0.3, -0.25) is 4.79 Å². The van der Waals surface area contributed by atoms with Crippen molar-refractivity contribution >= 4 is 17.2 Å². The van der Waals surface area contributed by atoms with Gasteiger partial charge >= 0.3 is 0 Å². The molecule has 0 aliphatic carbocycles. The molecule has 0 aromatic carbocycles. The fourth-order valence-corrected chi connectivity index (χ4v) is 2.24. The van der Waals surface area contributed by atoms with Gasteiger partial charge in [0.25, 0.3) is 0 Å². The second-order valence-corrected chi connectivity index (χ2v) is 5.12. The van der Waals surface area contributed by atoms with Crippen molar-refractivity contribution in [3.8, 4) is 0 Å². The van der Waals surface area contributed by atoms with Gasteiger partial charge in [-0.15, -0.1) is 16.4 Å². The van der Waals surface area contributed by atoms with Gasteiger partial charge in [0.05, 0.1) is 12.2 Å². The van der Waals surface area contributed by atoms with Crippen LogP contribution in [0.4, 0.5) is 0 Å². The highest BCUT2D eigenvalue weighted by Gasteiger charge is 2.06. The molecular formula is C12H16N4O2S. The third-order valence-corrected chi connectivity index (χ3v) is 3.40. The lowest BCUT2D eigenvalue weighted by molar-refractivity contribution is -0.122. The summed E-state index contributed by atoms with van der Waals surface area (Å²) < 4.78 is 1.51. The molecule has 2 rings (SSSR count). The molecule has 0 atom stereocenters. The standard InChI is InChI=1S/C12H16N4O2S/c17-5-1-3-10-8-16(15-14-10)9-12(18)13-7-11-4-2-6-19-11/h2,4,6,8,17H,1,3,5,7,9H2,(H,13,18). The monoisotopic (exact) mass is 280 g/mol. The van der Waals surface area contributed by atoms with E-state index >= 15 is 0 Å². The highest BCUT2D eigenvalue weighted by molar-refractivity contribution is 7.09. The molecule has 7 heteroatoms. The van der Waals surface area contributed by atoms with E-state index in [-0.39, 0.29) is 19.1 Å². The predicted octanol–water partition coefficient (Wildman–Crippen LogP) is 0.581. The maximum atomic E-state index is 11.7. The molecule has 0 saturated carbocycles. The van der Waals surface area contributed by atoms with Crippen LogP contribution in [-0.4, -0.2) is 32.6 Å². The van der Waals surface area contributed by atoms with Crippen LogP contribution in [0, 0.1) is 0 Å². The van der Waals surface area contributed by atoms with Crippen molar-refractivity contribution in [2.75, 3.05) is 6.61 Å². The zero-order valence-corrected chi connectivity index (χ0v) is 11.3. The first kappa shape index (κ1) is 13.7. The quantitative estimate of drug-likeness (QED) is 0.777. The zero-order valence-electron chi connectivity index (χ0n) is 10.5. The van der Waals surface area contributed by atoms with E-state index in [9.17, 15) is 4.79 Å². The molecule has 0 aliphatic rings. The van der Waals surface area contributed by atoms with Gasteiger partial charge in [-0.2, -0.15) is 0 Å². The molecule has 2 N–H and O–H groups in total. The van der Waals surface area contributed by atoms with E-state index in [1.54, 1.807) is 17.5 Å². The lowest BCUT2D eigenvalue weighted by Gasteiger charge is -2.02. The van der Waals surface area contributed by atoms with Crippen LogP contribution in [0.25, 0.3) is 0 Å². The highest BCUT2D eigenvalue weighted by Crippen LogP contribution is 2.07. The molecule has 0 saturated heterocycles. The van der Waals surface area contributed by atoms with Crippen molar-refractivity contribution in [2.45, 2.75) is 25.9 Å². The van der Waals surface area contributed by atoms with Crippen molar-refractivity contribution < 1.29 is 9.90 Å². The smallest absolute Gasteiger partial charge is 0.242 e. The summed E-state index contributed by atoms with van der Waals surface area (Å²) in [5, 5.41) is 21.4. The number of rotatable bonds is 7. The molecule has 2 aromatic rings. The minimum absolute atomic E-state index is 0.0907. The fraction of sp³-hybridized carbons (Fsp3) is 0.417. The van der Waals surface area contributed by atoms with E-state index in [0.717, 1.165) is 10.6 Å². The summed E-state index contributed by atoms with van der Waals surface area (Å²) in [4.78, 5) is 12.8. The van der Waals surface area contributed by atoms with Crippen LogP contribution in [0.1, 0.15) is 17.0 Å². The van der Waals surface area contributed by atoms with Crippen LogP contribution in [-0.2, 0) is 24.3 Å². The van der Waals surface area contributed by atoms with Gasteiger partial charge in [0.2, 0.25) is 5.91 Å². The second kappa shape index (κ2) is 7.01. The number of thiophene rings is 1. The minimum Gasteiger partial charge on any atom is -0.396 e. The Morgan fingerprint density at radius 1 is 1.53 bits per heavy atom. The average molecular weight is 280 g/mol. The summed E-state index contributed by atoms with van der Waals surface area (Å²) in [7, 11) is 0. The molecule has 19 heavy (non-hydrogen) atoms. The zero-order chi connectivity index (χ0) is 13.5. The van der Waals surface area contributed by atoms with E-state index in [2.05, 4.69) is 15.6 Å². The van der Waals surface area contributed by atoms with E-state index < -0.39 is 0 Å². The number of hydrogen-bond donors (Lipinski definition) is 2. The van der Waals surface area contributed by atoms with E-state index in [1.165, 1.54) is 4.68 Å². The van der Waals surface area contributed by atoms with E-state index in [4.69, 9.17) is 5.11 Å². The maximum Gasteiger partial charge on any atom is 0.242 e. The molecule has 0 bridgehead atoms. The number of nitrogens with one attached hydrogen (secondary N) is 1. The van der Waals surface area contributed by atoms with Crippen molar-refractivity contribution in [3.63, 3.8) is 0 Å². The number of aliphatic hydroxyl groups is 1. The number of carbonyl (C=O) groups is 1. The number of aliphatic hydroxyl groups excluding tert-OH is 1. The van der Waals surface area contributed by atoms with Crippen LogP contribution in [0.2, 0.25) is 0 Å². The third kappa shape index (κ3) is 4.46. The number of aryl methyl sites for hydroxylation is 1. The molecule has 1 amide bonds. The molecule has 0 radical (unpaired) electrons. The molecule has 0 fully saturated rings. The summed E-state index contributed by atoms with van der Waals surface area (Å²) in [6.07, 6.45) is 3.07. The summed E-state index contributed by atoms with van der Waals surface area (Å²) in [5.74, 6) is -0.0907. The lowest BCUT2D eigenvalue weighted by atomic mass is 10.3. The Labute approximate surface area is 115 Å². The first-order chi connectivity index (χ1) is 9.28. The summed E-state index contributed by atoms with van der Waals surface area (Å²) >= 11 is 1.61. The number of nitrogens with zero attached hydrogens (tertiary/aromatic N) is 3. The molecule has 0 aliphatic heterocycles. The van der Waals surface area contributed by atoms with Gasteiger partial charge in [-0.05, 0) is 24.3 Å². The fourth-order valence-electron chi connectivity index (χ4n) is 1.59. The van der Waals surface area contributed by atoms with Gasteiger partial charge < -0.3 is 10.4 Å². The Kier molecular flexibility index (Phi) is 5.05. The van der Waals surface area contributed by atoms with Gasteiger partial charge in [0.1, 0.15) is 6.54 Å². The number of carbonyl (C=O) groups excluding carboxylic acids is 1. The van der Waals surface area contributed by atoms with Crippen LogP contribution in [0.5, 0.6) is 0 Å². The Balaban J connectivity index is 1.76. The highest BCUT2D eigenvalue weighted by atomic mass is 32.1. The maximum absolute atomic E-state index is 11.7. The topological polar surface area (TPSA) is 80.0 Å². The number of aromatic nitrogens is 3. The van der Waals surface area contributed by atoms with Crippen molar-refractivity contribution in [2.24, 2.45) is 0 Å². The molecule has 2 heterocycles. The Hall–Kier alpha value is -1.73.